The SMILES string of the molecule is CCCCCC[C@H]1CC[C@H]([C@H]2CC[C@H](C(=O)Oc3ccc(OC(F)C(F)(F)F)cc3)CC2)CC1. The molecular weight excluding hydrogens is 448 g/mol. The highest BCUT2D eigenvalue weighted by Gasteiger charge is 2.42. The number of unbranched alkanes of at least 4 members (excludes halogenated alkanes) is 3. The average molecular weight is 487 g/mol. The van der Waals surface area contributed by atoms with Gasteiger partial charge in [0.25, 0.3) is 0 Å². The van der Waals surface area contributed by atoms with Crippen LogP contribution >= 0.6 is 0 Å². The fourth-order valence-corrected chi connectivity index (χ4v) is 5.61. The molecule has 0 saturated heterocycles. The summed E-state index contributed by atoms with van der Waals surface area (Å²) in [5.41, 5.74) is 0. The van der Waals surface area contributed by atoms with Gasteiger partial charge in [-0.2, -0.15) is 17.6 Å². The van der Waals surface area contributed by atoms with Gasteiger partial charge >= 0.3 is 18.5 Å². The lowest BCUT2D eigenvalue weighted by molar-refractivity contribution is -0.236. The molecule has 7 heteroatoms. The van der Waals surface area contributed by atoms with Gasteiger partial charge < -0.3 is 9.47 Å². The lowest BCUT2D eigenvalue weighted by Crippen LogP contribution is -2.30. The summed E-state index contributed by atoms with van der Waals surface area (Å²) in [4.78, 5) is 12.6. The molecule has 2 aliphatic carbocycles. The number of benzene rings is 1. The summed E-state index contributed by atoms with van der Waals surface area (Å²) in [6, 6.07) is 4.97. The van der Waals surface area contributed by atoms with Crippen molar-refractivity contribution in [2.45, 2.75) is 103 Å². The minimum Gasteiger partial charge on any atom is -0.452 e. The molecule has 0 aromatic heterocycles. The summed E-state index contributed by atoms with van der Waals surface area (Å²) in [7, 11) is 0. The van der Waals surface area contributed by atoms with Crippen LogP contribution in [0.5, 0.6) is 11.5 Å². The van der Waals surface area contributed by atoms with Crippen LogP contribution in [0, 0.1) is 23.7 Å². The van der Waals surface area contributed by atoms with Gasteiger partial charge in [-0.05, 0) is 80.5 Å². The minimum atomic E-state index is -5.09. The molecule has 2 aliphatic rings. The van der Waals surface area contributed by atoms with Crippen molar-refractivity contribution < 1.29 is 31.8 Å². The lowest BCUT2D eigenvalue weighted by atomic mass is 9.68. The fourth-order valence-electron chi connectivity index (χ4n) is 5.61. The van der Waals surface area contributed by atoms with Crippen LogP contribution in [0.2, 0.25) is 0 Å². The maximum absolute atomic E-state index is 13.0. The number of hydrogen-bond acceptors (Lipinski definition) is 3. The lowest BCUT2D eigenvalue weighted by Gasteiger charge is -2.37. The Labute approximate surface area is 200 Å². The molecule has 0 heterocycles. The third kappa shape index (κ3) is 8.16. The average Bonchev–Trinajstić information content (AvgIpc) is 2.83. The highest BCUT2D eigenvalue weighted by Crippen LogP contribution is 2.42. The Hall–Kier alpha value is -1.79. The van der Waals surface area contributed by atoms with E-state index in [1.165, 1.54) is 69.9 Å². The highest BCUT2D eigenvalue weighted by atomic mass is 19.4. The van der Waals surface area contributed by atoms with E-state index in [1.54, 1.807) is 0 Å². The van der Waals surface area contributed by atoms with Crippen LogP contribution in [0.25, 0.3) is 0 Å². The highest BCUT2D eigenvalue weighted by molar-refractivity contribution is 5.75. The van der Waals surface area contributed by atoms with E-state index in [4.69, 9.17) is 4.74 Å². The second kappa shape index (κ2) is 12.8. The molecule has 0 N–H and O–H groups in total. The summed E-state index contributed by atoms with van der Waals surface area (Å²) in [5, 5.41) is 0. The third-order valence-corrected chi connectivity index (χ3v) is 7.67. The van der Waals surface area contributed by atoms with E-state index in [-0.39, 0.29) is 23.4 Å². The number of rotatable bonds is 10. The van der Waals surface area contributed by atoms with Crippen molar-refractivity contribution in [2.24, 2.45) is 23.7 Å². The zero-order chi connectivity index (χ0) is 24.6. The quantitative estimate of drug-likeness (QED) is 0.144. The molecule has 192 valence electrons. The van der Waals surface area contributed by atoms with Crippen molar-refractivity contribution in [1.29, 1.82) is 0 Å². The third-order valence-electron chi connectivity index (χ3n) is 7.67. The zero-order valence-electron chi connectivity index (χ0n) is 20.1. The van der Waals surface area contributed by atoms with Gasteiger partial charge in [-0.25, -0.2) is 0 Å². The Balaban J connectivity index is 1.36. The Morgan fingerprint density at radius 2 is 1.44 bits per heavy atom. The maximum atomic E-state index is 13.0. The number of carbonyl (C=O) groups is 1. The van der Waals surface area contributed by atoms with Gasteiger partial charge in [0.15, 0.2) is 0 Å². The molecule has 2 fully saturated rings. The first-order valence-electron chi connectivity index (χ1n) is 13.0. The first kappa shape index (κ1) is 26.8. The molecule has 1 atom stereocenters. The van der Waals surface area contributed by atoms with Gasteiger partial charge in [0.1, 0.15) is 11.5 Å². The summed E-state index contributed by atoms with van der Waals surface area (Å²) in [5.74, 6) is 1.88. The molecule has 1 unspecified atom stereocenters. The van der Waals surface area contributed by atoms with Crippen molar-refractivity contribution in [3.8, 4) is 11.5 Å². The summed E-state index contributed by atoms with van der Waals surface area (Å²) in [6.07, 6.45) is 7.36. The number of ether oxygens (including phenoxy) is 2. The molecule has 1 aromatic carbocycles. The first-order valence-corrected chi connectivity index (χ1v) is 13.0. The first-order chi connectivity index (χ1) is 16.3. The second-order valence-corrected chi connectivity index (χ2v) is 10.1. The van der Waals surface area contributed by atoms with E-state index < -0.39 is 12.5 Å². The molecule has 0 bridgehead atoms. The molecular formula is C27H38F4O3. The monoisotopic (exact) mass is 486 g/mol. The summed E-state index contributed by atoms with van der Waals surface area (Å²) >= 11 is 0. The van der Waals surface area contributed by atoms with Crippen LogP contribution in [0.3, 0.4) is 0 Å². The molecule has 0 amide bonds. The Morgan fingerprint density at radius 3 is 2.00 bits per heavy atom. The van der Waals surface area contributed by atoms with Gasteiger partial charge in [0, 0.05) is 0 Å². The maximum Gasteiger partial charge on any atom is 0.457 e. The van der Waals surface area contributed by atoms with Crippen LogP contribution in [0.15, 0.2) is 24.3 Å². The number of halogens is 4. The van der Waals surface area contributed by atoms with Gasteiger partial charge in [-0.3, -0.25) is 4.79 Å². The molecule has 0 aliphatic heterocycles. The molecule has 3 rings (SSSR count). The predicted molar refractivity (Wildman–Crippen MR) is 123 cm³/mol. The van der Waals surface area contributed by atoms with Crippen LogP contribution in [-0.2, 0) is 4.79 Å². The van der Waals surface area contributed by atoms with Crippen molar-refractivity contribution in [1.82, 2.24) is 0 Å². The summed E-state index contributed by atoms with van der Waals surface area (Å²) in [6.45, 7) is 2.25. The zero-order valence-corrected chi connectivity index (χ0v) is 20.1. The van der Waals surface area contributed by atoms with Crippen molar-refractivity contribution >= 4 is 5.97 Å². The minimum absolute atomic E-state index is 0.150. The molecule has 3 nitrogen and oxygen atoms in total. The van der Waals surface area contributed by atoms with Crippen LogP contribution < -0.4 is 9.47 Å². The van der Waals surface area contributed by atoms with Crippen LogP contribution in [0.1, 0.15) is 90.4 Å². The number of hydrogen-bond donors (Lipinski definition) is 0. The topological polar surface area (TPSA) is 35.5 Å². The van der Waals surface area contributed by atoms with Gasteiger partial charge in [0.05, 0.1) is 5.92 Å². The Bertz CT molecular complexity index is 733. The standard InChI is InChI=1S/C27H38F4O3/c1-2-3-4-5-6-19-7-9-20(10-8-19)21-11-13-22(14-12-21)25(32)33-23-15-17-24(18-16-23)34-26(28)27(29,30)31/h15-22,26H,2-14H2,1H3/t19-,20-,21-,22-,26?. The number of esters is 1. The van der Waals surface area contributed by atoms with Gasteiger partial charge in [0.2, 0.25) is 0 Å². The molecule has 2 saturated carbocycles. The molecule has 0 radical (unpaired) electrons. The van der Waals surface area contributed by atoms with Gasteiger partial charge in [-0.1, -0.05) is 51.9 Å². The Kier molecular flexibility index (Phi) is 10.1. The van der Waals surface area contributed by atoms with Crippen LogP contribution in [-0.4, -0.2) is 18.5 Å². The van der Waals surface area contributed by atoms with Gasteiger partial charge in [-0.15, -0.1) is 0 Å². The molecule has 34 heavy (non-hydrogen) atoms. The molecule has 0 spiro atoms. The summed E-state index contributed by atoms with van der Waals surface area (Å²) < 4.78 is 59.4. The number of alkyl halides is 4. The predicted octanol–water partition coefficient (Wildman–Crippen LogP) is 8.41. The van der Waals surface area contributed by atoms with Crippen molar-refractivity contribution in [2.75, 3.05) is 0 Å². The van der Waals surface area contributed by atoms with Crippen molar-refractivity contribution in [3.05, 3.63) is 24.3 Å². The molecule has 1 aromatic rings. The fraction of sp³-hybridized carbons (Fsp3) is 0.741. The smallest absolute Gasteiger partial charge is 0.452 e. The van der Waals surface area contributed by atoms with E-state index in [1.807, 2.05) is 0 Å². The van der Waals surface area contributed by atoms with E-state index >= 15 is 0 Å². The number of carbonyl (C=O) groups excluding carboxylic acids is 1. The van der Waals surface area contributed by atoms with E-state index in [0.29, 0.717) is 5.92 Å². The normalized spacial score (nSPS) is 26.6. The van der Waals surface area contributed by atoms with Crippen molar-refractivity contribution in [3.63, 3.8) is 0 Å². The van der Waals surface area contributed by atoms with E-state index in [0.717, 1.165) is 49.7 Å². The van der Waals surface area contributed by atoms with E-state index in [2.05, 4.69) is 11.7 Å². The van der Waals surface area contributed by atoms with E-state index in [9.17, 15) is 22.4 Å². The Morgan fingerprint density at radius 1 is 0.882 bits per heavy atom. The largest absolute Gasteiger partial charge is 0.457 e. The second-order valence-electron chi connectivity index (χ2n) is 10.1. The van der Waals surface area contributed by atoms with Crippen LogP contribution in [0.4, 0.5) is 17.6 Å².